The van der Waals surface area contributed by atoms with Crippen LogP contribution in [0.15, 0.2) is 90.4 Å². The van der Waals surface area contributed by atoms with Crippen LogP contribution in [-0.4, -0.2) is 30.9 Å². The van der Waals surface area contributed by atoms with Gasteiger partial charge in [0, 0.05) is 35.1 Å². The number of hydrogen-bond acceptors (Lipinski definition) is 5. The molecule has 0 saturated carbocycles. The van der Waals surface area contributed by atoms with Gasteiger partial charge in [-0.15, -0.1) is 13.2 Å². The second kappa shape index (κ2) is 9.05. The molecule has 5 aromatic rings. The predicted octanol–water partition coefficient (Wildman–Crippen LogP) is 4.92. The van der Waals surface area contributed by atoms with Crippen LogP contribution in [0.2, 0.25) is 0 Å². The summed E-state index contributed by atoms with van der Waals surface area (Å²) >= 11 is 0. The highest BCUT2D eigenvalue weighted by molar-refractivity contribution is 5.86. The van der Waals surface area contributed by atoms with Crippen LogP contribution in [0.1, 0.15) is 0 Å². The maximum absolute atomic E-state index is 13.1. The molecule has 0 radical (unpaired) electrons. The molecule has 2 aromatic carbocycles. The zero-order valence-electron chi connectivity index (χ0n) is 18.2. The first-order valence-corrected chi connectivity index (χ1v) is 10.6. The molecule has 0 bridgehead atoms. The van der Waals surface area contributed by atoms with Gasteiger partial charge in [-0.3, -0.25) is 14.5 Å². The Kier molecular flexibility index (Phi) is 5.77. The minimum absolute atomic E-state index is 0.263. The molecule has 0 aliphatic heterocycles. The highest BCUT2D eigenvalue weighted by Crippen LogP contribution is 2.27. The van der Waals surface area contributed by atoms with Gasteiger partial charge in [0.25, 0.3) is 5.56 Å². The average molecular weight is 477 g/mol. The number of aromatic nitrogens is 5. The topological polar surface area (TPSA) is 74.8 Å². The maximum Gasteiger partial charge on any atom is 0.573 e. The van der Waals surface area contributed by atoms with Crippen molar-refractivity contribution >= 4 is 10.8 Å². The Hall–Kier alpha value is -4.47. The van der Waals surface area contributed by atoms with Crippen LogP contribution in [0.4, 0.5) is 13.2 Å². The lowest BCUT2D eigenvalue weighted by atomic mass is 10.0. The Labute approximate surface area is 197 Å². The molecule has 3 heterocycles. The molecule has 10 heteroatoms. The standard InChI is InChI=1S/C25H18F3N5O2/c26-25(27,28)35-22-7-5-17(6-8-22)18-3-4-20-14-31-33(24(34)23(20)12-18)11-10-32-16-21(15-30-32)19-2-1-9-29-13-19/h1-9,12-16H,10-11H2. The fourth-order valence-electron chi connectivity index (χ4n) is 3.73. The monoisotopic (exact) mass is 477 g/mol. The molecule has 7 nitrogen and oxygen atoms in total. The third-order valence-electron chi connectivity index (χ3n) is 5.44. The van der Waals surface area contributed by atoms with E-state index >= 15 is 0 Å². The number of rotatable bonds is 6. The van der Waals surface area contributed by atoms with Gasteiger partial charge >= 0.3 is 6.36 Å². The second-order valence-corrected chi connectivity index (χ2v) is 7.78. The first-order chi connectivity index (χ1) is 16.9. The zero-order valence-corrected chi connectivity index (χ0v) is 18.2. The van der Waals surface area contributed by atoms with E-state index in [1.165, 1.54) is 28.9 Å². The molecule has 0 saturated heterocycles. The molecule has 176 valence electrons. The summed E-state index contributed by atoms with van der Waals surface area (Å²) in [7, 11) is 0. The van der Waals surface area contributed by atoms with Crippen molar-refractivity contribution in [2.75, 3.05) is 0 Å². The van der Waals surface area contributed by atoms with E-state index in [9.17, 15) is 18.0 Å². The molecule has 0 N–H and O–H groups in total. The van der Waals surface area contributed by atoms with Gasteiger partial charge in [-0.1, -0.05) is 30.3 Å². The summed E-state index contributed by atoms with van der Waals surface area (Å²) in [6, 6.07) is 14.6. The summed E-state index contributed by atoms with van der Waals surface area (Å²) in [6.07, 6.45) is 3.95. The van der Waals surface area contributed by atoms with Crippen molar-refractivity contribution in [2.24, 2.45) is 0 Å². The summed E-state index contributed by atoms with van der Waals surface area (Å²) < 4.78 is 44.2. The molecule has 0 unspecified atom stereocenters. The predicted molar refractivity (Wildman–Crippen MR) is 124 cm³/mol. The second-order valence-electron chi connectivity index (χ2n) is 7.78. The van der Waals surface area contributed by atoms with Gasteiger partial charge in [-0.2, -0.15) is 10.2 Å². The molecule has 0 aliphatic carbocycles. The fourth-order valence-corrected chi connectivity index (χ4v) is 3.73. The first-order valence-electron chi connectivity index (χ1n) is 10.6. The fraction of sp³-hybridized carbons (Fsp3) is 0.120. The number of fused-ring (bicyclic) bond motifs is 1. The van der Waals surface area contributed by atoms with E-state index in [0.29, 0.717) is 35.0 Å². The number of alkyl halides is 3. The van der Waals surface area contributed by atoms with Gasteiger partial charge in [0.1, 0.15) is 5.75 Å². The number of halogens is 3. The van der Waals surface area contributed by atoms with E-state index in [1.807, 2.05) is 18.3 Å². The van der Waals surface area contributed by atoms with Crippen molar-refractivity contribution in [1.82, 2.24) is 24.5 Å². The molecule has 0 spiro atoms. The number of nitrogens with zero attached hydrogens (tertiary/aromatic N) is 5. The Morgan fingerprint density at radius 1 is 0.829 bits per heavy atom. The largest absolute Gasteiger partial charge is 0.573 e. The maximum atomic E-state index is 13.1. The van der Waals surface area contributed by atoms with E-state index < -0.39 is 6.36 Å². The first kappa shape index (κ1) is 22.3. The van der Waals surface area contributed by atoms with E-state index in [0.717, 1.165) is 11.1 Å². The summed E-state index contributed by atoms with van der Waals surface area (Å²) in [5.41, 5.74) is 2.96. The van der Waals surface area contributed by atoms with Crippen molar-refractivity contribution in [3.8, 4) is 28.0 Å². The summed E-state index contributed by atoms with van der Waals surface area (Å²) in [5.74, 6) is -0.307. The van der Waals surface area contributed by atoms with E-state index in [-0.39, 0.29) is 11.3 Å². The van der Waals surface area contributed by atoms with Crippen LogP contribution in [0.25, 0.3) is 33.0 Å². The van der Waals surface area contributed by atoms with Gasteiger partial charge in [0.05, 0.1) is 30.9 Å². The minimum atomic E-state index is -4.75. The minimum Gasteiger partial charge on any atom is -0.406 e. The van der Waals surface area contributed by atoms with Crippen LogP contribution in [0.5, 0.6) is 5.75 Å². The molecule has 3 aromatic heterocycles. The summed E-state index contributed by atoms with van der Waals surface area (Å²) in [4.78, 5) is 17.2. The quantitative estimate of drug-likeness (QED) is 0.347. The molecular formula is C25H18F3N5O2. The lowest BCUT2D eigenvalue weighted by Gasteiger charge is -2.10. The van der Waals surface area contributed by atoms with Crippen molar-refractivity contribution < 1.29 is 17.9 Å². The number of aryl methyl sites for hydroxylation is 2. The zero-order chi connectivity index (χ0) is 24.4. The van der Waals surface area contributed by atoms with Crippen LogP contribution >= 0.6 is 0 Å². The third-order valence-corrected chi connectivity index (χ3v) is 5.44. The lowest BCUT2D eigenvalue weighted by molar-refractivity contribution is -0.274. The molecule has 0 fully saturated rings. The van der Waals surface area contributed by atoms with Crippen LogP contribution in [0, 0.1) is 0 Å². The molecule has 35 heavy (non-hydrogen) atoms. The molecule has 0 aliphatic rings. The van der Waals surface area contributed by atoms with Gasteiger partial charge in [0.15, 0.2) is 0 Å². The van der Waals surface area contributed by atoms with Gasteiger partial charge < -0.3 is 4.74 Å². The lowest BCUT2D eigenvalue weighted by Crippen LogP contribution is -2.25. The van der Waals surface area contributed by atoms with Crippen LogP contribution < -0.4 is 10.3 Å². The van der Waals surface area contributed by atoms with Crippen LogP contribution in [-0.2, 0) is 13.1 Å². The highest BCUT2D eigenvalue weighted by Gasteiger charge is 2.30. The number of benzene rings is 2. The summed E-state index contributed by atoms with van der Waals surface area (Å²) in [5, 5.41) is 9.75. The van der Waals surface area contributed by atoms with Crippen molar-refractivity contribution in [3.63, 3.8) is 0 Å². The average Bonchev–Trinajstić information content (AvgIpc) is 3.33. The molecule has 0 amide bonds. The number of ether oxygens (including phenoxy) is 1. The Bertz CT molecular complexity index is 1530. The molecule has 0 atom stereocenters. The highest BCUT2D eigenvalue weighted by atomic mass is 19.4. The smallest absolute Gasteiger partial charge is 0.406 e. The Balaban J connectivity index is 1.36. The molecule has 5 rings (SSSR count). The van der Waals surface area contributed by atoms with E-state index in [1.54, 1.807) is 47.7 Å². The summed E-state index contributed by atoms with van der Waals surface area (Å²) in [6.45, 7) is 0.760. The molecular weight excluding hydrogens is 459 g/mol. The van der Waals surface area contributed by atoms with Crippen molar-refractivity contribution in [1.29, 1.82) is 0 Å². The van der Waals surface area contributed by atoms with Crippen molar-refractivity contribution in [3.05, 3.63) is 95.9 Å². The van der Waals surface area contributed by atoms with Crippen molar-refractivity contribution in [2.45, 2.75) is 19.5 Å². The van der Waals surface area contributed by atoms with Gasteiger partial charge in [-0.25, -0.2) is 4.68 Å². The van der Waals surface area contributed by atoms with Gasteiger partial charge in [0.2, 0.25) is 0 Å². The third kappa shape index (κ3) is 5.06. The number of pyridine rings is 1. The van der Waals surface area contributed by atoms with Gasteiger partial charge in [-0.05, 0) is 35.4 Å². The van der Waals surface area contributed by atoms with E-state index in [2.05, 4.69) is 19.9 Å². The van der Waals surface area contributed by atoms with E-state index in [4.69, 9.17) is 0 Å². The Morgan fingerprint density at radius 2 is 1.63 bits per heavy atom. The SMILES string of the molecule is O=c1c2cc(-c3ccc(OC(F)(F)F)cc3)ccc2cnn1CCn1cc(-c2cccnc2)cn1. The normalized spacial score (nSPS) is 11.6. The number of hydrogen-bond donors (Lipinski definition) is 0. The Morgan fingerprint density at radius 3 is 2.37 bits per heavy atom. The van der Waals surface area contributed by atoms with Crippen LogP contribution in [0.3, 0.4) is 0 Å².